The molecule has 0 aliphatic carbocycles. The first-order valence-electron chi connectivity index (χ1n) is 7.22. The number of rotatable bonds is 9. The van der Waals surface area contributed by atoms with Gasteiger partial charge in [0, 0.05) is 12.6 Å². The second kappa shape index (κ2) is 10.2. The number of ether oxygens (including phenoxy) is 1. The molecule has 22 heavy (non-hydrogen) atoms. The van der Waals surface area contributed by atoms with Crippen molar-refractivity contribution in [3.8, 4) is 5.75 Å². The van der Waals surface area contributed by atoms with E-state index in [1.807, 2.05) is 31.2 Å². The molecule has 0 saturated heterocycles. The summed E-state index contributed by atoms with van der Waals surface area (Å²) in [4.78, 5) is 22.9. The van der Waals surface area contributed by atoms with Crippen molar-refractivity contribution < 1.29 is 14.3 Å². The minimum Gasteiger partial charge on any atom is -0.490 e. The summed E-state index contributed by atoms with van der Waals surface area (Å²) in [6.07, 6.45) is 5.62. The van der Waals surface area contributed by atoms with Crippen LogP contribution in [0.2, 0.25) is 0 Å². The number of amides is 2. The average molecular weight is 302 g/mol. The normalized spacial score (nSPS) is 10.2. The summed E-state index contributed by atoms with van der Waals surface area (Å²) in [6, 6.07) is 7.32. The number of nitrogens with one attached hydrogen (secondary N) is 2. The minimum atomic E-state index is -0.307. The first kappa shape index (κ1) is 17.5. The molecular weight excluding hydrogens is 280 g/mol. The Hall–Kier alpha value is -2.56. The highest BCUT2D eigenvalue weighted by molar-refractivity contribution is 5.94. The fourth-order valence-corrected chi connectivity index (χ4v) is 1.56. The lowest BCUT2D eigenvalue weighted by Gasteiger charge is -2.04. The Morgan fingerprint density at radius 1 is 1.23 bits per heavy atom. The summed E-state index contributed by atoms with van der Waals surface area (Å²) in [5, 5.41) is 5.21. The molecule has 1 aromatic rings. The van der Waals surface area contributed by atoms with Gasteiger partial charge in [-0.2, -0.15) is 0 Å². The van der Waals surface area contributed by atoms with Gasteiger partial charge >= 0.3 is 0 Å². The summed E-state index contributed by atoms with van der Waals surface area (Å²) in [7, 11) is 0. The zero-order valence-corrected chi connectivity index (χ0v) is 12.8. The number of hydrogen-bond donors (Lipinski definition) is 2. The zero-order chi connectivity index (χ0) is 16.2. The van der Waals surface area contributed by atoms with Gasteiger partial charge in [-0.05, 0) is 30.2 Å². The van der Waals surface area contributed by atoms with E-state index in [1.165, 1.54) is 6.08 Å². The summed E-state index contributed by atoms with van der Waals surface area (Å²) in [5.74, 6) is 0.250. The van der Waals surface area contributed by atoms with E-state index in [9.17, 15) is 9.59 Å². The molecule has 1 rings (SSSR count). The van der Waals surface area contributed by atoms with Crippen molar-refractivity contribution in [3.05, 3.63) is 48.6 Å². The average Bonchev–Trinajstić information content (AvgIpc) is 2.55. The number of hydrogen-bond acceptors (Lipinski definition) is 3. The highest BCUT2D eigenvalue weighted by atomic mass is 16.5. The van der Waals surface area contributed by atoms with E-state index in [0.29, 0.717) is 13.2 Å². The van der Waals surface area contributed by atoms with E-state index in [0.717, 1.165) is 17.7 Å². The summed E-state index contributed by atoms with van der Waals surface area (Å²) >= 11 is 0. The Kier molecular flexibility index (Phi) is 8.12. The molecule has 0 atom stereocenters. The predicted octanol–water partition coefficient (Wildman–Crippen LogP) is 1.91. The molecule has 0 unspecified atom stereocenters. The molecule has 5 heteroatoms. The SMILES string of the molecule is C=CCOc1ccc(/C=C/C(=O)NCC(=O)NCCC)cc1. The molecule has 0 radical (unpaired) electrons. The van der Waals surface area contributed by atoms with Gasteiger partial charge in [-0.3, -0.25) is 9.59 Å². The van der Waals surface area contributed by atoms with E-state index in [2.05, 4.69) is 17.2 Å². The number of benzene rings is 1. The van der Waals surface area contributed by atoms with E-state index >= 15 is 0 Å². The molecule has 118 valence electrons. The van der Waals surface area contributed by atoms with Gasteiger partial charge in [0.2, 0.25) is 11.8 Å². The minimum absolute atomic E-state index is 0.0164. The Balaban J connectivity index is 2.38. The lowest BCUT2D eigenvalue weighted by molar-refractivity contribution is -0.123. The Labute approximate surface area is 131 Å². The van der Waals surface area contributed by atoms with Crippen LogP contribution in [0.1, 0.15) is 18.9 Å². The molecule has 0 aliphatic heterocycles. The maximum absolute atomic E-state index is 11.6. The third-order valence-corrected chi connectivity index (χ3v) is 2.67. The van der Waals surface area contributed by atoms with Gasteiger partial charge in [0.15, 0.2) is 0 Å². The first-order chi connectivity index (χ1) is 10.7. The second-order valence-corrected chi connectivity index (χ2v) is 4.57. The molecule has 0 fully saturated rings. The van der Waals surface area contributed by atoms with Crippen molar-refractivity contribution >= 4 is 17.9 Å². The van der Waals surface area contributed by atoms with Crippen molar-refractivity contribution in [1.82, 2.24) is 10.6 Å². The van der Waals surface area contributed by atoms with E-state index in [4.69, 9.17) is 4.74 Å². The van der Waals surface area contributed by atoms with E-state index < -0.39 is 0 Å². The third-order valence-electron chi connectivity index (χ3n) is 2.67. The van der Waals surface area contributed by atoms with Crippen molar-refractivity contribution in [2.75, 3.05) is 19.7 Å². The Morgan fingerprint density at radius 3 is 2.59 bits per heavy atom. The Morgan fingerprint density at radius 2 is 1.95 bits per heavy atom. The van der Waals surface area contributed by atoms with Gasteiger partial charge in [0.1, 0.15) is 12.4 Å². The molecule has 0 bridgehead atoms. The predicted molar refractivity (Wildman–Crippen MR) is 87.5 cm³/mol. The van der Waals surface area contributed by atoms with Gasteiger partial charge in [0.05, 0.1) is 6.54 Å². The lowest BCUT2D eigenvalue weighted by Crippen LogP contribution is -2.36. The van der Waals surface area contributed by atoms with E-state index in [-0.39, 0.29) is 18.4 Å². The van der Waals surface area contributed by atoms with Crippen LogP contribution in [0, 0.1) is 0 Å². The quantitative estimate of drug-likeness (QED) is 0.541. The lowest BCUT2D eigenvalue weighted by atomic mass is 10.2. The van der Waals surface area contributed by atoms with Crippen LogP contribution in [-0.4, -0.2) is 31.5 Å². The van der Waals surface area contributed by atoms with Crippen LogP contribution in [0.25, 0.3) is 6.08 Å². The van der Waals surface area contributed by atoms with Crippen LogP contribution in [0.3, 0.4) is 0 Å². The molecule has 0 heterocycles. The third kappa shape index (κ3) is 7.28. The van der Waals surface area contributed by atoms with Crippen LogP contribution in [0.5, 0.6) is 5.75 Å². The molecule has 0 aliphatic rings. The fourth-order valence-electron chi connectivity index (χ4n) is 1.56. The van der Waals surface area contributed by atoms with Crippen molar-refractivity contribution in [2.24, 2.45) is 0 Å². The van der Waals surface area contributed by atoms with Gasteiger partial charge < -0.3 is 15.4 Å². The van der Waals surface area contributed by atoms with E-state index in [1.54, 1.807) is 12.2 Å². The molecular formula is C17H22N2O3. The summed E-state index contributed by atoms with van der Waals surface area (Å²) < 4.78 is 5.37. The van der Waals surface area contributed by atoms with Crippen LogP contribution in [0.15, 0.2) is 43.0 Å². The summed E-state index contributed by atoms with van der Waals surface area (Å²) in [6.45, 7) is 6.60. The van der Waals surface area contributed by atoms with Gasteiger partial charge in [-0.15, -0.1) is 0 Å². The molecule has 0 spiro atoms. The largest absolute Gasteiger partial charge is 0.490 e. The zero-order valence-electron chi connectivity index (χ0n) is 12.8. The van der Waals surface area contributed by atoms with Crippen molar-refractivity contribution in [3.63, 3.8) is 0 Å². The molecule has 1 aromatic carbocycles. The monoisotopic (exact) mass is 302 g/mol. The maximum Gasteiger partial charge on any atom is 0.244 e. The molecule has 0 saturated carbocycles. The van der Waals surface area contributed by atoms with Crippen LogP contribution in [-0.2, 0) is 9.59 Å². The molecule has 2 amide bonds. The van der Waals surface area contributed by atoms with Crippen molar-refractivity contribution in [2.45, 2.75) is 13.3 Å². The second-order valence-electron chi connectivity index (χ2n) is 4.57. The highest BCUT2D eigenvalue weighted by Gasteiger charge is 2.01. The maximum atomic E-state index is 11.6. The van der Waals surface area contributed by atoms with Crippen LogP contribution in [0.4, 0.5) is 0 Å². The smallest absolute Gasteiger partial charge is 0.244 e. The van der Waals surface area contributed by atoms with Gasteiger partial charge in [-0.1, -0.05) is 31.7 Å². The summed E-state index contributed by atoms with van der Waals surface area (Å²) in [5.41, 5.74) is 0.872. The Bertz CT molecular complexity index is 521. The van der Waals surface area contributed by atoms with Gasteiger partial charge in [-0.25, -0.2) is 0 Å². The molecule has 2 N–H and O–H groups in total. The molecule has 5 nitrogen and oxygen atoms in total. The topological polar surface area (TPSA) is 67.4 Å². The van der Waals surface area contributed by atoms with Gasteiger partial charge in [0.25, 0.3) is 0 Å². The fraction of sp³-hybridized carbons (Fsp3) is 0.294. The number of carbonyl (C=O) groups is 2. The number of carbonyl (C=O) groups excluding carboxylic acids is 2. The highest BCUT2D eigenvalue weighted by Crippen LogP contribution is 2.13. The van der Waals surface area contributed by atoms with Crippen LogP contribution >= 0.6 is 0 Å². The van der Waals surface area contributed by atoms with Crippen LogP contribution < -0.4 is 15.4 Å². The first-order valence-corrected chi connectivity index (χ1v) is 7.22. The molecule has 0 aromatic heterocycles. The standard InChI is InChI=1S/C17H22N2O3/c1-3-11-18-17(21)13-19-16(20)10-7-14-5-8-15(9-6-14)22-12-4-2/h4-10H,2-3,11-13H2,1H3,(H,18,21)(H,19,20)/b10-7+. The van der Waals surface area contributed by atoms with Crippen molar-refractivity contribution in [1.29, 1.82) is 0 Å².